The molecule has 11 heteroatoms. The Balaban J connectivity index is 1.72. The molecule has 1 atom stereocenters. The van der Waals surface area contributed by atoms with Crippen LogP contribution in [-0.2, 0) is 19.6 Å². The first-order valence-electron chi connectivity index (χ1n) is 12.0. The third-order valence-electron chi connectivity index (χ3n) is 6.03. The fourth-order valence-electron chi connectivity index (χ4n) is 4.12. The zero-order chi connectivity index (χ0) is 28.0. The number of hydrogen-bond acceptors (Lipinski definition) is 7. The van der Waals surface area contributed by atoms with Gasteiger partial charge in [0.2, 0.25) is 0 Å². The SMILES string of the molecule is COC(=O)CCC1CN(S(=O)(=O)c2cccc(OC(F)F)c2)c2cc(C=Cc3ccccc3OC)ccc2O1. The van der Waals surface area contributed by atoms with Gasteiger partial charge < -0.3 is 18.9 Å². The number of nitrogens with zero attached hydrogens (tertiary/aromatic N) is 1. The highest BCUT2D eigenvalue weighted by Gasteiger charge is 2.35. The Morgan fingerprint density at radius 2 is 1.87 bits per heavy atom. The molecule has 0 aromatic heterocycles. The zero-order valence-electron chi connectivity index (χ0n) is 21.3. The number of benzene rings is 3. The number of anilines is 1. The average Bonchev–Trinajstić information content (AvgIpc) is 2.94. The number of methoxy groups -OCH3 is 2. The number of hydrogen-bond donors (Lipinski definition) is 0. The van der Waals surface area contributed by atoms with Gasteiger partial charge in [-0.05, 0) is 42.3 Å². The largest absolute Gasteiger partial charge is 0.496 e. The number of halogens is 2. The van der Waals surface area contributed by atoms with Gasteiger partial charge in [-0.1, -0.05) is 42.5 Å². The van der Waals surface area contributed by atoms with Crippen molar-refractivity contribution in [3.63, 3.8) is 0 Å². The molecular weight excluding hydrogens is 532 g/mol. The predicted molar refractivity (Wildman–Crippen MR) is 142 cm³/mol. The maximum Gasteiger partial charge on any atom is 0.387 e. The lowest BCUT2D eigenvalue weighted by molar-refractivity contribution is -0.141. The second-order valence-electron chi connectivity index (χ2n) is 8.55. The highest BCUT2D eigenvalue weighted by Crippen LogP contribution is 2.39. The van der Waals surface area contributed by atoms with E-state index in [1.165, 1.54) is 25.3 Å². The maximum atomic E-state index is 13.8. The smallest absolute Gasteiger partial charge is 0.387 e. The summed E-state index contributed by atoms with van der Waals surface area (Å²) in [6.45, 7) is -3.21. The van der Waals surface area contributed by atoms with Crippen molar-refractivity contribution in [3.05, 3.63) is 77.9 Å². The molecule has 3 aromatic carbocycles. The highest BCUT2D eigenvalue weighted by molar-refractivity contribution is 7.92. The van der Waals surface area contributed by atoms with Crippen LogP contribution in [0.25, 0.3) is 12.2 Å². The molecule has 1 aliphatic rings. The minimum absolute atomic E-state index is 0.0296. The molecular formula is C28H27F2NO7S. The van der Waals surface area contributed by atoms with E-state index in [1.54, 1.807) is 25.3 Å². The molecule has 0 saturated heterocycles. The molecule has 39 heavy (non-hydrogen) atoms. The first-order valence-corrected chi connectivity index (χ1v) is 13.4. The standard InChI is InChI=1S/C28H27F2NO7S/c1-35-25-9-4-3-6-20(25)12-10-19-11-14-26-24(16-19)31(18-22(37-26)13-15-27(32)36-2)39(33,34)23-8-5-7-21(17-23)38-28(29)30/h3-12,14,16-17,22,28H,13,15,18H2,1-2H3. The Labute approximate surface area is 225 Å². The van der Waals surface area contributed by atoms with Crippen LogP contribution in [0.2, 0.25) is 0 Å². The molecule has 206 valence electrons. The van der Waals surface area contributed by atoms with Crippen LogP contribution in [0.3, 0.4) is 0 Å². The molecule has 1 aliphatic heterocycles. The van der Waals surface area contributed by atoms with Gasteiger partial charge in [-0.2, -0.15) is 8.78 Å². The van der Waals surface area contributed by atoms with E-state index in [0.717, 1.165) is 15.9 Å². The summed E-state index contributed by atoms with van der Waals surface area (Å²) >= 11 is 0. The van der Waals surface area contributed by atoms with E-state index in [1.807, 2.05) is 36.4 Å². The second kappa shape index (κ2) is 12.2. The summed E-state index contributed by atoms with van der Waals surface area (Å²) in [6, 6.07) is 17.5. The molecule has 0 fully saturated rings. The van der Waals surface area contributed by atoms with Gasteiger partial charge in [0.05, 0.1) is 31.3 Å². The number of para-hydroxylation sites is 1. The van der Waals surface area contributed by atoms with Gasteiger partial charge in [0.1, 0.15) is 23.4 Å². The number of rotatable bonds is 10. The lowest BCUT2D eigenvalue weighted by Gasteiger charge is -2.35. The fraction of sp³-hybridized carbons (Fsp3) is 0.250. The van der Waals surface area contributed by atoms with Gasteiger partial charge in [-0.3, -0.25) is 9.10 Å². The van der Waals surface area contributed by atoms with E-state index in [4.69, 9.17) is 14.2 Å². The zero-order valence-corrected chi connectivity index (χ0v) is 22.1. The molecule has 0 bridgehead atoms. The van der Waals surface area contributed by atoms with Crippen molar-refractivity contribution in [3.8, 4) is 17.2 Å². The van der Waals surface area contributed by atoms with Crippen LogP contribution in [0.5, 0.6) is 17.2 Å². The fourth-order valence-corrected chi connectivity index (χ4v) is 5.65. The summed E-state index contributed by atoms with van der Waals surface area (Å²) < 4.78 is 74.8. The molecule has 1 heterocycles. The average molecular weight is 560 g/mol. The summed E-state index contributed by atoms with van der Waals surface area (Å²) in [6.07, 6.45) is 3.24. The van der Waals surface area contributed by atoms with Gasteiger partial charge in [0, 0.05) is 18.1 Å². The van der Waals surface area contributed by atoms with Gasteiger partial charge >= 0.3 is 12.6 Å². The van der Waals surface area contributed by atoms with Crippen LogP contribution >= 0.6 is 0 Å². The summed E-state index contributed by atoms with van der Waals surface area (Å²) in [5, 5.41) is 0. The van der Waals surface area contributed by atoms with Gasteiger partial charge in [-0.25, -0.2) is 8.42 Å². The molecule has 0 aliphatic carbocycles. The third kappa shape index (κ3) is 6.66. The van der Waals surface area contributed by atoms with E-state index in [-0.39, 0.29) is 35.7 Å². The van der Waals surface area contributed by atoms with Crippen molar-refractivity contribution < 1.29 is 40.9 Å². The summed E-state index contributed by atoms with van der Waals surface area (Å²) in [5.74, 6) is 0.246. The number of sulfonamides is 1. The molecule has 0 radical (unpaired) electrons. The van der Waals surface area contributed by atoms with Crippen LogP contribution in [0.4, 0.5) is 14.5 Å². The predicted octanol–water partition coefficient (Wildman–Crippen LogP) is 5.38. The minimum Gasteiger partial charge on any atom is -0.496 e. The van der Waals surface area contributed by atoms with Crippen LogP contribution in [0, 0.1) is 0 Å². The molecule has 0 N–H and O–H groups in total. The van der Waals surface area contributed by atoms with Gasteiger partial charge in [0.15, 0.2) is 0 Å². The lowest BCUT2D eigenvalue weighted by atomic mass is 10.1. The van der Waals surface area contributed by atoms with Crippen molar-refractivity contribution in [2.24, 2.45) is 0 Å². The van der Waals surface area contributed by atoms with E-state index in [0.29, 0.717) is 17.1 Å². The monoisotopic (exact) mass is 559 g/mol. The molecule has 0 saturated carbocycles. The number of carbonyl (C=O) groups excluding carboxylic acids is 1. The van der Waals surface area contributed by atoms with Crippen molar-refractivity contribution >= 4 is 33.8 Å². The van der Waals surface area contributed by atoms with Gasteiger partial charge in [0.25, 0.3) is 10.0 Å². The first kappa shape index (κ1) is 27.9. The molecule has 3 aromatic rings. The number of fused-ring (bicyclic) bond motifs is 1. The van der Waals surface area contributed by atoms with Crippen molar-refractivity contribution in [1.82, 2.24) is 0 Å². The van der Waals surface area contributed by atoms with E-state index in [9.17, 15) is 22.0 Å². The van der Waals surface area contributed by atoms with Crippen molar-refractivity contribution in [2.45, 2.75) is 30.5 Å². The Hall–Kier alpha value is -4.12. The van der Waals surface area contributed by atoms with Crippen LogP contribution in [0.15, 0.2) is 71.6 Å². The van der Waals surface area contributed by atoms with E-state index >= 15 is 0 Å². The third-order valence-corrected chi connectivity index (χ3v) is 7.80. The van der Waals surface area contributed by atoms with Crippen molar-refractivity contribution in [2.75, 3.05) is 25.1 Å². The van der Waals surface area contributed by atoms with Crippen LogP contribution in [0.1, 0.15) is 24.0 Å². The topological polar surface area (TPSA) is 91.4 Å². The Bertz CT molecular complexity index is 1460. The Morgan fingerprint density at radius 1 is 1.08 bits per heavy atom. The molecule has 0 spiro atoms. The Kier molecular flexibility index (Phi) is 8.70. The first-order chi connectivity index (χ1) is 18.7. The van der Waals surface area contributed by atoms with Gasteiger partial charge in [-0.15, -0.1) is 0 Å². The summed E-state index contributed by atoms with van der Waals surface area (Å²) in [4.78, 5) is 11.5. The van der Waals surface area contributed by atoms with Crippen LogP contribution in [-0.4, -0.2) is 47.9 Å². The van der Waals surface area contributed by atoms with Crippen LogP contribution < -0.4 is 18.5 Å². The van der Waals surface area contributed by atoms with E-state index < -0.39 is 28.7 Å². The normalized spacial score (nSPS) is 15.1. The highest BCUT2D eigenvalue weighted by atomic mass is 32.2. The second-order valence-corrected chi connectivity index (χ2v) is 10.4. The molecule has 0 amide bonds. The molecule has 4 rings (SSSR count). The Morgan fingerprint density at radius 3 is 2.62 bits per heavy atom. The quantitative estimate of drug-likeness (QED) is 0.243. The number of alkyl halides is 2. The van der Waals surface area contributed by atoms with Crippen molar-refractivity contribution in [1.29, 1.82) is 0 Å². The molecule has 8 nitrogen and oxygen atoms in total. The minimum atomic E-state index is -4.24. The summed E-state index contributed by atoms with van der Waals surface area (Å²) in [7, 11) is -1.40. The molecule has 1 unspecified atom stereocenters. The number of carbonyl (C=O) groups is 1. The number of ether oxygens (including phenoxy) is 4. The summed E-state index contributed by atoms with van der Waals surface area (Å²) in [5.41, 5.74) is 1.79. The maximum absolute atomic E-state index is 13.8. The van der Waals surface area contributed by atoms with E-state index in [2.05, 4.69) is 4.74 Å². The number of esters is 1. The lowest BCUT2D eigenvalue weighted by Crippen LogP contribution is -2.43.